The minimum absolute atomic E-state index is 0.0874. The zero-order valence-electron chi connectivity index (χ0n) is 23.8. The highest BCUT2D eigenvalue weighted by Gasteiger charge is 2.42. The molecule has 3 heterocycles. The molecule has 6 amide bonds. The Bertz CT molecular complexity index is 1220. The van der Waals surface area contributed by atoms with Gasteiger partial charge in [0.15, 0.2) is 5.69 Å². The fourth-order valence-electron chi connectivity index (χ4n) is 4.84. The van der Waals surface area contributed by atoms with Crippen molar-refractivity contribution in [3.05, 3.63) is 17.8 Å². The second-order valence-electron chi connectivity index (χ2n) is 11.0. The van der Waals surface area contributed by atoms with Crippen LogP contribution in [-0.4, -0.2) is 101 Å². The number of aliphatic hydroxyl groups is 1. The van der Waals surface area contributed by atoms with Crippen molar-refractivity contribution in [2.24, 2.45) is 11.8 Å². The van der Waals surface area contributed by atoms with Crippen molar-refractivity contribution in [2.45, 2.75) is 70.7 Å². The van der Waals surface area contributed by atoms with E-state index in [1.807, 2.05) is 20.8 Å². The van der Waals surface area contributed by atoms with Gasteiger partial charge < -0.3 is 41.0 Å². The van der Waals surface area contributed by atoms with Crippen LogP contribution in [0, 0.1) is 11.8 Å². The molecule has 0 radical (unpaired) electrons. The molecule has 1 aromatic rings. The normalized spacial score (nSPS) is 28.4. The summed E-state index contributed by atoms with van der Waals surface area (Å²) in [5.41, 5.74) is -0.270. The van der Waals surface area contributed by atoms with E-state index >= 15 is 0 Å². The number of hydrogen-bond acceptors (Lipinski definition) is 10. The van der Waals surface area contributed by atoms with E-state index in [9.17, 15) is 38.7 Å². The minimum Gasteiger partial charge on any atom is -0.446 e. The number of aliphatic hydroxyl groups excluding tert-OH is 1. The molecule has 0 spiro atoms. The summed E-state index contributed by atoms with van der Waals surface area (Å²) in [5.74, 6) is -5.29. The van der Waals surface area contributed by atoms with Crippen LogP contribution < -0.4 is 26.6 Å². The van der Waals surface area contributed by atoms with E-state index in [0.29, 0.717) is 0 Å². The number of fused-ring (bicyclic) bond motifs is 3. The summed E-state index contributed by atoms with van der Waals surface area (Å²) < 4.78 is 5.28. The van der Waals surface area contributed by atoms with E-state index in [-0.39, 0.29) is 49.2 Å². The molecular formula is C26H37N7O9. The minimum atomic E-state index is -1.45. The summed E-state index contributed by atoms with van der Waals surface area (Å²) in [6.07, 6.45) is 1.64. The first-order valence-electron chi connectivity index (χ1n) is 13.7. The molecule has 2 aliphatic rings. The lowest BCUT2D eigenvalue weighted by Crippen LogP contribution is -2.58. The molecule has 16 heteroatoms. The van der Waals surface area contributed by atoms with Crippen LogP contribution in [0.15, 0.2) is 10.7 Å². The highest BCUT2D eigenvalue weighted by Crippen LogP contribution is 2.24. The topological polar surface area (TPSA) is 229 Å². The number of Topliss-reactive ketones (excluding diaryl/α,β-unsaturated/α-hetero) is 1. The lowest BCUT2D eigenvalue weighted by atomic mass is 9.98. The molecule has 0 aliphatic carbocycles. The Morgan fingerprint density at radius 2 is 1.79 bits per heavy atom. The fourth-order valence-corrected chi connectivity index (χ4v) is 4.84. The second kappa shape index (κ2) is 14.0. The molecule has 2 bridgehead atoms. The SMILES string of the molecule is CC(C)C[C@@H]1NC(=O)[C@@H]2C[C@H](C)CN2C(=O)[C@@H](NC=O)CNC(=O)[C@@H](CO)NC(=O)c2coc(n2)[C@H](C)NC(=O)C1=O. The number of carbonyl (C=O) groups is 7. The number of oxazole rings is 1. The number of ketones is 1. The molecule has 3 rings (SSSR count). The maximum atomic E-state index is 13.5. The van der Waals surface area contributed by atoms with Gasteiger partial charge in [-0.1, -0.05) is 20.8 Å². The lowest BCUT2D eigenvalue weighted by molar-refractivity contribution is -0.143. The highest BCUT2D eigenvalue weighted by molar-refractivity contribution is 6.38. The molecule has 6 N–H and O–H groups in total. The van der Waals surface area contributed by atoms with Crippen LogP contribution in [0.2, 0.25) is 0 Å². The summed E-state index contributed by atoms with van der Waals surface area (Å²) in [6, 6.07) is -5.90. The standard InChI is InChI=1S/C26H37N7O9/c1-12(2)5-15-20(36)24(40)29-14(4)25-32-18(10-42-25)22(38)31-17(9-34)21(37)27-7-16(28-11-35)26(41)33-8-13(3)6-19(33)23(39)30-15/h10-17,19,34H,5-9H2,1-4H3,(H,27,37)(H,28,35)(H,29,40)(H,30,39)(H,31,38)/t13-,14-,15-,16-,17+,19-/m0/s1. The predicted octanol–water partition coefficient (Wildman–Crippen LogP) is -2.48. The van der Waals surface area contributed by atoms with Crippen molar-refractivity contribution in [1.82, 2.24) is 36.5 Å². The van der Waals surface area contributed by atoms with Crippen LogP contribution in [0.5, 0.6) is 0 Å². The summed E-state index contributed by atoms with van der Waals surface area (Å²) >= 11 is 0. The Labute approximate surface area is 241 Å². The number of nitrogens with zero attached hydrogens (tertiary/aromatic N) is 2. The molecule has 0 saturated carbocycles. The monoisotopic (exact) mass is 591 g/mol. The number of aromatic nitrogens is 1. The summed E-state index contributed by atoms with van der Waals surface area (Å²) in [5, 5.41) is 21.8. The van der Waals surface area contributed by atoms with Gasteiger partial charge in [-0.15, -0.1) is 0 Å². The first kappa shape index (κ1) is 32.2. The Kier molecular flexibility index (Phi) is 10.7. The van der Waals surface area contributed by atoms with Crippen molar-refractivity contribution in [3.8, 4) is 0 Å². The number of hydrogen-bond donors (Lipinski definition) is 6. The van der Waals surface area contributed by atoms with Crippen LogP contribution in [0.25, 0.3) is 0 Å². The average Bonchev–Trinajstić information content (AvgIpc) is 3.59. The van der Waals surface area contributed by atoms with Gasteiger partial charge in [-0.05, 0) is 31.6 Å². The Morgan fingerprint density at radius 3 is 2.43 bits per heavy atom. The molecule has 1 fully saturated rings. The van der Waals surface area contributed by atoms with Crippen molar-refractivity contribution in [1.29, 1.82) is 0 Å². The summed E-state index contributed by atoms with van der Waals surface area (Å²) in [6.45, 7) is 5.87. The van der Waals surface area contributed by atoms with Crippen molar-refractivity contribution < 1.29 is 43.1 Å². The van der Waals surface area contributed by atoms with Gasteiger partial charge in [0.2, 0.25) is 35.8 Å². The van der Waals surface area contributed by atoms with Crippen LogP contribution in [-0.2, 0) is 28.8 Å². The van der Waals surface area contributed by atoms with E-state index < -0.39 is 78.7 Å². The molecule has 42 heavy (non-hydrogen) atoms. The smallest absolute Gasteiger partial charge is 0.290 e. The van der Waals surface area contributed by atoms with Gasteiger partial charge in [-0.2, -0.15) is 0 Å². The molecular weight excluding hydrogens is 554 g/mol. The van der Waals surface area contributed by atoms with Crippen LogP contribution in [0.4, 0.5) is 0 Å². The molecule has 2 aliphatic heterocycles. The third-order valence-electron chi connectivity index (χ3n) is 6.98. The quantitative estimate of drug-likeness (QED) is 0.156. The molecule has 0 aromatic carbocycles. The maximum Gasteiger partial charge on any atom is 0.290 e. The van der Waals surface area contributed by atoms with Crippen molar-refractivity contribution in [3.63, 3.8) is 0 Å². The van der Waals surface area contributed by atoms with Gasteiger partial charge in [0.05, 0.1) is 12.6 Å². The average molecular weight is 592 g/mol. The number of nitrogens with one attached hydrogen (secondary N) is 5. The van der Waals surface area contributed by atoms with Crippen molar-refractivity contribution in [2.75, 3.05) is 19.7 Å². The molecule has 230 valence electrons. The van der Waals surface area contributed by atoms with Crippen LogP contribution in [0.3, 0.4) is 0 Å². The zero-order chi connectivity index (χ0) is 31.1. The van der Waals surface area contributed by atoms with E-state index in [1.54, 1.807) is 0 Å². The Hall–Kier alpha value is -4.34. The van der Waals surface area contributed by atoms with Crippen LogP contribution >= 0.6 is 0 Å². The number of amides is 6. The third kappa shape index (κ3) is 7.69. The fraction of sp³-hybridized carbons (Fsp3) is 0.615. The van der Waals surface area contributed by atoms with Crippen molar-refractivity contribution >= 4 is 41.7 Å². The van der Waals surface area contributed by atoms with E-state index in [0.717, 1.165) is 6.26 Å². The summed E-state index contributed by atoms with van der Waals surface area (Å²) in [7, 11) is 0. The van der Waals surface area contributed by atoms with E-state index in [1.165, 1.54) is 11.8 Å². The Balaban J connectivity index is 1.98. The van der Waals surface area contributed by atoms with Gasteiger partial charge in [-0.3, -0.25) is 33.6 Å². The Morgan fingerprint density at radius 1 is 1.07 bits per heavy atom. The molecule has 1 saturated heterocycles. The van der Waals surface area contributed by atoms with Gasteiger partial charge >= 0.3 is 0 Å². The zero-order valence-corrected chi connectivity index (χ0v) is 23.8. The number of rotatable bonds is 5. The highest BCUT2D eigenvalue weighted by atomic mass is 16.3. The van der Waals surface area contributed by atoms with Gasteiger partial charge in [0, 0.05) is 13.1 Å². The van der Waals surface area contributed by atoms with Gasteiger partial charge in [0.25, 0.3) is 11.8 Å². The second-order valence-corrected chi connectivity index (χ2v) is 11.0. The predicted molar refractivity (Wildman–Crippen MR) is 143 cm³/mol. The third-order valence-corrected chi connectivity index (χ3v) is 6.98. The van der Waals surface area contributed by atoms with Gasteiger partial charge in [-0.25, -0.2) is 4.98 Å². The first-order valence-corrected chi connectivity index (χ1v) is 13.7. The largest absolute Gasteiger partial charge is 0.446 e. The van der Waals surface area contributed by atoms with Crippen LogP contribution in [0.1, 0.15) is 63.0 Å². The first-order chi connectivity index (χ1) is 19.9. The lowest BCUT2D eigenvalue weighted by Gasteiger charge is -2.30. The van der Waals surface area contributed by atoms with Gasteiger partial charge in [0.1, 0.15) is 30.4 Å². The number of carbonyl (C=O) groups excluding carboxylic acids is 7. The molecule has 6 atom stereocenters. The van der Waals surface area contributed by atoms with E-state index in [2.05, 4.69) is 31.6 Å². The maximum absolute atomic E-state index is 13.5. The molecule has 16 nitrogen and oxygen atoms in total. The molecule has 1 aromatic heterocycles. The van der Waals surface area contributed by atoms with E-state index in [4.69, 9.17) is 4.42 Å². The summed E-state index contributed by atoms with van der Waals surface area (Å²) in [4.78, 5) is 95.0. The molecule has 0 unspecified atom stereocenters.